The van der Waals surface area contributed by atoms with E-state index in [0.717, 1.165) is 16.7 Å². The Hall–Kier alpha value is -2.69. The summed E-state index contributed by atoms with van der Waals surface area (Å²) in [6.07, 6.45) is 0. The maximum Gasteiger partial charge on any atom is 0.318 e. The third-order valence-corrected chi connectivity index (χ3v) is 3.47. The number of aryl methyl sites for hydroxylation is 1. The number of fused-ring (bicyclic) bond motifs is 2. The molecular formula is C15H12N2O3. The summed E-state index contributed by atoms with van der Waals surface area (Å²) < 4.78 is 0. The van der Waals surface area contributed by atoms with Gasteiger partial charge < -0.3 is 0 Å². The van der Waals surface area contributed by atoms with Gasteiger partial charge in [-0.05, 0) is 24.1 Å². The van der Waals surface area contributed by atoms with Gasteiger partial charge in [0.1, 0.15) is 11.4 Å². The van der Waals surface area contributed by atoms with Crippen LogP contribution in [0.5, 0.6) is 0 Å². The fourth-order valence-corrected chi connectivity index (χ4v) is 2.67. The van der Waals surface area contributed by atoms with Gasteiger partial charge in [0.05, 0.1) is 4.92 Å². The van der Waals surface area contributed by atoms with Gasteiger partial charge in [-0.2, -0.15) is 0 Å². The molecule has 0 spiro atoms. The first-order chi connectivity index (χ1) is 9.52. The average Bonchev–Trinajstić information content (AvgIpc) is 2.37. The van der Waals surface area contributed by atoms with Gasteiger partial charge >= 0.3 is 5.69 Å². The van der Waals surface area contributed by atoms with Gasteiger partial charge in [-0.15, -0.1) is 0 Å². The van der Waals surface area contributed by atoms with Crippen molar-refractivity contribution in [3.63, 3.8) is 0 Å². The zero-order valence-corrected chi connectivity index (χ0v) is 11.1. The number of anilines is 2. The Bertz CT molecular complexity index is 739. The van der Waals surface area contributed by atoms with Gasteiger partial charge in [-0.25, -0.2) is 0 Å². The third kappa shape index (κ3) is 1.53. The van der Waals surface area contributed by atoms with Gasteiger partial charge in [-0.1, -0.05) is 30.3 Å². The van der Waals surface area contributed by atoms with Crippen LogP contribution < -0.4 is 4.90 Å². The van der Waals surface area contributed by atoms with E-state index in [-0.39, 0.29) is 11.6 Å². The summed E-state index contributed by atoms with van der Waals surface area (Å²) in [4.78, 5) is 24.0. The largest absolute Gasteiger partial charge is 0.318 e. The Morgan fingerprint density at radius 2 is 1.85 bits per heavy atom. The summed E-state index contributed by atoms with van der Waals surface area (Å²) in [5.74, 6) is -0.207. The molecule has 2 aromatic carbocycles. The molecule has 0 aromatic heterocycles. The lowest BCUT2D eigenvalue weighted by molar-refractivity contribution is -0.384. The van der Waals surface area contributed by atoms with Crippen LogP contribution in [0.4, 0.5) is 17.1 Å². The molecule has 2 aliphatic heterocycles. The van der Waals surface area contributed by atoms with E-state index in [1.54, 1.807) is 6.92 Å². The van der Waals surface area contributed by atoms with E-state index in [1.165, 1.54) is 11.8 Å². The van der Waals surface area contributed by atoms with E-state index in [9.17, 15) is 14.9 Å². The number of nitro groups is 1. The van der Waals surface area contributed by atoms with Gasteiger partial charge in [0.15, 0.2) is 0 Å². The highest BCUT2D eigenvalue weighted by atomic mass is 16.6. The van der Waals surface area contributed by atoms with Crippen molar-refractivity contribution < 1.29 is 9.72 Å². The summed E-state index contributed by atoms with van der Waals surface area (Å²) >= 11 is 0. The van der Waals surface area contributed by atoms with Crippen LogP contribution in [0.15, 0.2) is 36.4 Å². The molecule has 5 heteroatoms. The fraction of sp³-hybridized carbons (Fsp3) is 0.133. The monoisotopic (exact) mass is 268 g/mol. The Morgan fingerprint density at radius 1 is 1.20 bits per heavy atom. The third-order valence-electron chi connectivity index (χ3n) is 3.47. The number of carbonyl (C=O) groups is 1. The van der Waals surface area contributed by atoms with Crippen LogP contribution in [-0.4, -0.2) is 10.8 Å². The summed E-state index contributed by atoms with van der Waals surface area (Å²) in [5, 5.41) is 11.2. The lowest BCUT2D eigenvalue weighted by atomic mass is 9.91. The van der Waals surface area contributed by atoms with Gasteiger partial charge in [0, 0.05) is 12.5 Å². The molecule has 0 aliphatic carbocycles. The van der Waals surface area contributed by atoms with E-state index in [1.807, 2.05) is 36.4 Å². The van der Waals surface area contributed by atoms with Crippen molar-refractivity contribution in [2.75, 3.05) is 4.90 Å². The molecule has 5 nitrogen and oxygen atoms in total. The molecule has 2 bridgehead atoms. The normalized spacial score (nSPS) is 12.0. The molecule has 100 valence electrons. The van der Waals surface area contributed by atoms with Crippen LogP contribution in [0.3, 0.4) is 0 Å². The Morgan fingerprint density at radius 3 is 2.40 bits per heavy atom. The summed E-state index contributed by atoms with van der Waals surface area (Å²) in [5.41, 5.74) is 3.18. The number of benzene rings is 2. The quantitative estimate of drug-likeness (QED) is 0.617. The van der Waals surface area contributed by atoms with Crippen molar-refractivity contribution in [1.29, 1.82) is 0 Å². The summed E-state index contributed by atoms with van der Waals surface area (Å²) in [6.45, 7) is 3.20. The zero-order chi connectivity index (χ0) is 14.4. The smallest absolute Gasteiger partial charge is 0.274 e. The van der Waals surface area contributed by atoms with Crippen molar-refractivity contribution in [3.8, 4) is 11.1 Å². The van der Waals surface area contributed by atoms with Crippen molar-refractivity contribution in [3.05, 3.63) is 52.1 Å². The van der Waals surface area contributed by atoms with E-state index < -0.39 is 4.92 Å². The van der Waals surface area contributed by atoms with Crippen LogP contribution in [0.1, 0.15) is 12.5 Å². The van der Waals surface area contributed by atoms with Crippen LogP contribution in [0.2, 0.25) is 0 Å². The highest BCUT2D eigenvalue weighted by Gasteiger charge is 2.44. The minimum absolute atomic E-state index is 0.0408. The lowest BCUT2D eigenvalue weighted by Gasteiger charge is -2.34. The van der Waals surface area contributed by atoms with Gasteiger partial charge in [-0.3, -0.25) is 19.8 Å². The number of hydrogen-bond donors (Lipinski definition) is 0. The highest BCUT2D eigenvalue weighted by molar-refractivity contribution is 6.17. The lowest BCUT2D eigenvalue weighted by Crippen LogP contribution is -2.33. The predicted molar refractivity (Wildman–Crippen MR) is 76.1 cm³/mol. The predicted octanol–water partition coefficient (Wildman–Crippen LogP) is 3.57. The molecular weight excluding hydrogens is 256 g/mol. The summed E-state index contributed by atoms with van der Waals surface area (Å²) in [7, 11) is 0. The molecule has 0 saturated carbocycles. The number of amides is 1. The van der Waals surface area contributed by atoms with Crippen molar-refractivity contribution in [2.24, 2.45) is 0 Å². The number of nitrogens with zero attached hydrogens (tertiary/aromatic N) is 2. The molecule has 0 radical (unpaired) electrons. The van der Waals surface area contributed by atoms with Crippen LogP contribution >= 0.6 is 0 Å². The van der Waals surface area contributed by atoms with Crippen LogP contribution in [0.25, 0.3) is 11.1 Å². The molecule has 1 amide bonds. The first kappa shape index (κ1) is 12.3. The molecule has 4 rings (SSSR count). The Labute approximate surface area is 115 Å². The molecule has 0 saturated heterocycles. The van der Waals surface area contributed by atoms with Crippen LogP contribution in [-0.2, 0) is 4.79 Å². The molecule has 2 aliphatic rings. The SMILES string of the molecule is CC(=O)N1c2c(C)cc(-c3ccccc3)c1c2[N+](=O)[O-]. The number of nitro benzene ring substituents is 1. The highest BCUT2D eigenvalue weighted by Crippen LogP contribution is 2.57. The maximum absolute atomic E-state index is 11.7. The summed E-state index contributed by atoms with van der Waals surface area (Å²) in [6, 6.07) is 11.3. The standard InChI is InChI=1S/C15H12N2O3/c1-9-8-12(11-6-4-3-5-7-11)14-15(17(19)20)13(9)16(14)10(2)18/h3-8H,1-2H3. The van der Waals surface area contributed by atoms with Gasteiger partial charge in [0.25, 0.3) is 0 Å². The van der Waals surface area contributed by atoms with Crippen LogP contribution in [0, 0.1) is 17.0 Å². The van der Waals surface area contributed by atoms with E-state index in [4.69, 9.17) is 0 Å². The molecule has 2 heterocycles. The molecule has 0 fully saturated rings. The van der Waals surface area contributed by atoms with E-state index >= 15 is 0 Å². The fourth-order valence-electron chi connectivity index (χ4n) is 2.67. The van der Waals surface area contributed by atoms with Crippen molar-refractivity contribution in [1.82, 2.24) is 0 Å². The second-order valence-corrected chi connectivity index (χ2v) is 4.76. The molecule has 0 N–H and O–H groups in total. The zero-order valence-electron chi connectivity index (χ0n) is 11.1. The molecule has 0 unspecified atom stereocenters. The number of hydrogen-bond acceptors (Lipinski definition) is 3. The Kier molecular flexibility index (Phi) is 2.57. The first-order valence-corrected chi connectivity index (χ1v) is 6.20. The minimum Gasteiger partial charge on any atom is -0.274 e. The van der Waals surface area contributed by atoms with E-state index in [0.29, 0.717) is 11.4 Å². The second-order valence-electron chi connectivity index (χ2n) is 4.76. The molecule has 0 atom stereocenters. The van der Waals surface area contributed by atoms with Crippen molar-refractivity contribution in [2.45, 2.75) is 13.8 Å². The van der Waals surface area contributed by atoms with Gasteiger partial charge in [0.2, 0.25) is 5.91 Å². The van der Waals surface area contributed by atoms with E-state index in [2.05, 4.69) is 0 Å². The minimum atomic E-state index is -0.413. The topological polar surface area (TPSA) is 63.5 Å². The molecule has 20 heavy (non-hydrogen) atoms. The maximum atomic E-state index is 11.7. The van der Waals surface area contributed by atoms with Crippen molar-refractivity contribution >= 4 is 23.0 Å². The number of carbonyl (C=O) groups excluding carboxylic acids is 1. The average molecular weight is 268 g/mol. The molecule has 2 aromatic rings. The number of rotatable bonds is 2. The first-order valence-electron chi connectivity index (χ1n) is 6.20. The Balaban J connectivity index is 2.30. The second kappa shape index (κ2) is 4.16.